The van der Waals surface area contributed by atoms with Crippen molar-refractivity contribution in [2.45, 2.75) is 23.5 Å². The zero-order valence-electron chi connectivity index (χ0n) is 12.9. The number of carbonyl (C=O) groups excluding carboxylic acids is 1. The molecule has 1 aromatic heterocycles. The topological polar surface area (TPSA) is 90.4 Å². The van der Waals surface area contributed by atoms with Gasteiger partial charge in [-0.05, 0) is 0 Å². The van der Waals surface area contributed by atoms with Crippen LogP contribution in [0.5, 0.6) is 0 Å². The second-order valence-corrected chi connectivity index (χ2v) is 7.80. The van der Waals surface area contributed by atoms with E-state index in [0.29, 0.717) is 16.4 Å². The molecule has 7 nitrogen and oxygen atoms in total. The molecule has 1 fully saturated rings. The molecular weight excluding hydrogens is 379 g/mol. The first kappa shape index (κ1) is 16.7. The molecule has 126 valence electrons. The number of hydrogen-bond acceptors (Lipinski definition) is 5. The van der Waals surface area contributed by atoms with Crippen molar-refractivity contribution in [3.63, 3.8) is 0 Å². The SMILES string of the molecule is Cc1cn([C@H]2C[Se][C@@H](COC(=O)c3ccccc3)O2)c(=O)[nH]c1=O. The van der Waals surface area contributed by atoms with Crippen LogP contribution in [0.3, 0.4) is 0 Å². The zero-order chi connectivity index (χ0) is 17.1. The van der Waals surface area contributed by atoms with Crippen LogP contribution >= 0.6 is 0 Å². The summed E-state index contributed by atoms with van der Waals surface area (Å²) in [6, 6.07) is 8.75. The number of esters is 1. The average molecular weight is 395 g/mol. The molecule has 3 rings (SSSR count). The van der Waals surface area contributed by atoms with Gasteiger partial charge in [-0.3, -0.25) is 0 Å². The second-order valence-electron chi connectivity index (χ2n) is 5.30. The Kier molecular flexibility index (Phi) is 4.99. The minimum absolute atomic E-state index is 0.0745. The molecule has 1 aliphatic heterocycles. The van der Waals surface area contributed by atoms with E-state index in [1.54, 1.807) is 31.2 Å². The van der Waals surface area contributed by atoms with E-state index in [4.69, 9.17) is 9.47 Å². The Hall–Kier alpha value is -2.15. The van der Waals surface area contributed by atoms with Crippen LogP contribution < -0.4 is 11.2 Å². The summed E-state index contributed by atoms with van der Waals surface area (Å²) in [6.07, 6.45) is 1.06. The van der Waals surface area contributed by atoms with Gasteiger partial charge >= 0.3 is 143 Å². The van der Waals surface area contributed by atoms with E-state index in [9.17, 15) is 14.4 Å². The quantitative estimate of drug-likeness (QED) is 0.608. The van der Waals surface area contributed by atoms with E-state index >= 15 is 0 Å². The Labute approximate surface area is 143 Å². The molecule has 1 saturated heterocycles. The number of carbonyl (C=O) groups is 1. The third-order valence-electron chi connectivity index (χ3n) is 3.55. The summed E-state index contributed by atoms with van der Waals surface area (Å²) in [7, 11) is 0. The van der Waals surface area contributed by atoms with Gasteiger partial charge in [-0.1, -0.05) is 0 Å². The van der Waals surface area contributed by atoms with Crippen molar-refractivity contribution in [2.24, 2.45) is 0 Å². The summed E-state index contributed by atoms with van der Waals surface area (Å²) in [6.45, 7) is 1.79. The number of hydrogen-bond donors (Lipinski definition) is 1. The van der Waals surface area contributed by atoms with Crippen LogP contribution in [0, 0.1) is 6.92 Å². The van der Waals surface area contributed by atoms with Gasteiger partial charge in [0.05, 0.1) is 0 Å². The van der Waals surface area contributed by atoms with Gasteiger partial charge in [0.15, 0.2) is 0 Å². The van der Waals surface area contributed by atoms with Gasteiger partial charge < -0.3 is 0 Å². The van der Waals surface area contributed by atoms with Gasteiger partial charge in [-0.15, -0.1) is 0 Å². The van der Waals surface area contributed by atoms with E-state index in [2.05, 4.69) is 4.98 Å². The molecule has 8 heteroatoms. The molecule has 0 unspecified atom stereocenters. The number of aryl methyl sites for hydroxylation is 1. The van der Waals surface area contributed by atoms with Crippen molar-refractivity contribution in [1.29, 1.82) is 0 Å². The van der Waals surface area contributed by atoms with Crippen molar-refractivity contribution in [1.82, 2.24) is 9.55 Å². The molecule has 0 aliphatic carbocycles. The molecule has 24 heavy (non-hydrogen) atoms. The Morgan fingerprint density at radius 2 is 2.12 bits per heavy atom. The number of nitrogens with zero attached hydrogens (tertiary/aromatic N) is 1. The van der Waals surface area contributed by atoms with E-state index in [0.717, 1.165) is 0 Å². The van der Waals surface area contributed by atoms with E-state index in [-0.39, 0.29) is 26.6 Å². The van der Waals surface area contributed by atoms with Crippen LogP contribution in [0.4, 0.5) is 0 Å². The zero-order valence-corrected chi connectivity index (χ0v) is 14.6. The Balaban J connectivity index is 1.60. The minimum atomic E-state index is -0.492. The van der Waals surface area contributed by atoms with Gasteiger partial charge in [-0.25, -0.2) is 0 Å². The third-order valence-corrected chi connectivity index (χ3v) is 5.85. The van der Waals surface area contributed by atoms with Crippen LogP contribution in [0.15, 0.2) is 46.1 Å². The van der Waals surface area contributed by atoms with Gasteiger partial charge in [0, 0.05) is 0 Å². The first-order valence-electron chi connectivity index (χ1n) is 7.36. The molecule has 0 spiro atoms. The molecule has 1 N–H and O–H groups in total. The number of rotatable bonds is 4. The van der Waals surface area contributed by atoms with Gasteiger partial charge in [0.1, 0.15) is 0 Å². The van der Waals surface area contributed by atoms with Crippen molar-refractivity contribution in [2.75, 3.05) is 6.61 Å². The summed E-state index contributed by atoms with van der Waals surface area (Å²) in [5.41, 5.74) is 0.0538. The summed E-state index contributed by atoms with van der Waals surface area (Å²) in [4.78, 5) is 37.5. The number of H-pyrrole nitrogens is 1. The molecule has 2 aromatic rings. The van der Waals surface area contributed by atoms with E-state index in [1.807, 2.05) is 6.07 Å². The molecule has 1 aromatic carbocycles. The number of nitrogens with one attached hydrogen (secondary N) is 1. The Morgan fingerprint density at radius 3 is 2.88 bits per heavy atom. The monoisotopic (exact) mass is 396 g/mol. The van der Waals surface area contributed by atoms with Gasteiger partial charge in [-0.2, -0.15) is 0 Å². The van der Waals surface area contributed by atoms with Crippen molar-refractivity contribution in [3.8, 4) is 0 Å². The molecule has 0 bridgehead atoms. The van der Waals surface area contributed by atoms with Crippen molar-refractivity contribution < 1.29 is 14.3 Å². The molecule has 2 heterocycles. The number of aromatic amines is 1. The van der Waals surface area contributed by atoms with Crippen LogP contribution in [-0.2, 0) is 9.47 Å². The number of benzene rings is 1. The van der Waals surface area contributed by atoms with Crippen LogP contribution in [-0.4, -0.2) is 42.1 Å². The molecule has 0 amide bonds. The molecule has 0 radical (unpaired) electrons. The fourth-order valence-corrected chi connectivity index (χ4v) is 4.35. The average Bonchev–Trinajstić information content (AvgIpc) is 3.05. The van der Waals surface area contributed by atoms with Crippen molar-refractivity contribution in [3.05, 3.63) is 68.5 Å². The molecule has 2 atom stereocenters. The Morgan fingerprint density at radius 1 is 1.38 bits per heavy atom. The first-order valence-corrected chi connectivity index (χ1v) is 9.56. The van der Waals surface area contributed by atoms with E-state index < -0.39 is 23.4 Å². The van der Waals surface area contributed by atoms with Gasteiger partial charge in [0.25, 0.3) is 0 Å². The van der Waals surface area contributed by atoms with E-state index in [1.165, 1.54) is 10.8 Å². The summed E-state index contributed by atoms with van der Waals surface area (Å²) in [5, 5.41) is 0.459. The fraction of sp³-hybridized carbons (Fsp3) is 0.312. The third kappa shape index (κ3) is 3.67. The predicted octanol–water partition coefficient (Wildman–Crippen LogP) is 0.679. The standard InChI is InChI=1S/C16H16N2O5Se/c1-10-7-18(16(21)17-14(10)19)12-9-24-13(23-12)8-22-15(20)11-5-3-2-4-6-11/h2-7,12-13H,8-9H2,1H3,(H,17,19,21)/t12-,13+/m1/s1. The molecule has 0 saturated carbocycles. The number of aromatic nitrogens is 2. The maximum absolute atomic E-state index is 11.9. The molecule has 1 aliphatic rings. The first-order chi connectivity index (χ1) is 11.5. The summed E-state index contributed by atoms with van der Waals surface area (Å²) < 4.78 is 12.5. The van der Waals surface area contributed by atoms with Crippen molar-refractivity contribution >= 4 is 20.9 Å². The summed E-state index contributed by atoms with van der Waals surface area (Å²) >= 11 is 0.0745. The van der Waals surface area contributed by atoms with Crippen LogP contribution in [0.1, 0.15) is 22.1 Å². The fourth-order valence-electron chi connectivity index (χ4n) is 2.28. The maximum atomic E-state index is 11.9. The summed E-state index contributed by atoms with van der Waals surface area (Å²) in [5.74, 6) is -0.393. The van der Waals surface area contributed by atoms with Crippen LogP contribution in [0.2, 0.25) is 5.32 Å². The molecular formula is C16H16N2O5Se. The number of ether oxygens (including phenoxy) is 2. The Bertz CT molecular complexity index is 846. The predicted molar refractivity (Wildman–Crippen MR) is 87.3 cm³/mol. The normalized spacial score (nSPS) is 20.0. The van der Waals surface area contributed by atoms with Crippen LogP contribution in [0.25, 0.3) is 0 Å². The second kappa shape index (κ2) is 7.17. The van der Waals surface area contributed by atoms with Gasteiger partial charge in [0.2, 0.25) is 0 Å².